The van der Waals surface area contributed by atoms with Gasteiger partial charge < -0.3 is 5.73 Å². The second-order valence-electron chi connectivity index (χ2n) is 3.87. The molecule has 0 saturated carbocycles. The van der Waals surface area contributed by atoms with Crippen molar-refractivity contribution in [3.05, 3.63) is 34.3 Å². The summed E-state index contributed by atoms with van der Waals surface area (Å²) in [4.78, 5) is 9.10. The predicted molar refractivity (Wildman–Crippen MR) is 70.8 cm³/mol. The lowest BCUT2D eigenvalue weighted by Gasteiger charge is -2.21. The van der Waals surface area contributed by atoms with Crippen LogP contribution in [0.15, 0.2) is 38.7 Å². The highest BCUT2D eigenvalue weighted by Crippen LogP contribution is 2.35. The van der Waals surface area contributed by atoms with Gasteiger partial charge in [0.2, 0.25) is 0 Å². The molecular formula is C12H14BrN3. The van der Waals surface area contributed by atoms with Gasteiger partial charge in [0.25, 0.3) is 0 Å². The van der Waals surface area contributed by atoms with Crippen molar-refractivity contribution in [3.8, 4) is 0 Å². The summed E-state index contributed by atoms with van der Waals surface area (Å²) in [5.74, 6) is 0.543. The third-order valence-electron chi connectivity index (χ3n) is 2.81. The summed E-state index contributed by atoms with van der Waals surface area (Å²) in [6.07, 6.45) is 0.807. The van der Waals surface area contributed by atoms with Crippen molar-refractivity contribution < 1.29 is 0 Å². The van der Waals surface area contributed by atoms with Gasteiger partial charge in [0, 0.05) is 10.0 Å². The normalized spacial score (nSPS) is 24.2. The zero-order valence-corrected chi connectivity index (χ0v) is 11.0. The van der Waals surface area contributed by atoms with Crippen LogP contribution in [-0.2, 0) is 5.66 Å². The molecule has 0 amide bonds. The van der Waals surface area contributed by atoms with Crippen LogP contribution in [0.1, 0.15) is 25.8 Å². The van der Waals surface area contributed by atoms with Crippen LogP contribution in [0.2, 0.25) is 0 Å². The maximum atomic E-state index is 5.81. The van der Waals surface area contributed by atoms with E-state index in [1.807, 2.05) is 31.2 Å². The molecule has 2 rings (SSSR count). The predicted octanol–water partition coefficient (Wildman–Crippen LogP) is 2.84. The SMILES string of the molecule is CCC1(c2cccc(Br)c2)N=C(C)C(N)=N1. The van der Waals surface area contributed by atoms with E-state index in [-0.39, 0.29) is 0 Å². The minimum Gasteiger partial charge on any atom is -0.382 e. The van der Waals surface area contributed by atoms with Gasteiger partial charge in [-0.1, -0.05) is 35.0 Å². The topological polar surface area (TPSA) is 50.7 Å². The van der Waals surface area contributed by atoms with Crippen LogP contribution in [0, 0.1) is 0 Å². The van der Waals surface area contributed by atoms with E-state index < -0.39 is 5.66 Å². The van der Waals surface area contributed by atoms with Crippen molar-refractivity contribution in [2.45, 2.75) is 25.9 Å². The third kappa shape index (κ3) is 1.78. The van der Waals surface area contributed by atoms with Gasteiger partial charge in [-0.25, -0.2) is 4.99 Å². The molecule has 0 aliphatic carbocycles. The van der Waals surface area contributed by atoms with Gasteiger partial charge in [0.05, 0.1) is 5.71 Å². The summed E-state index contributed by atoms with van der Waals surface area (Å²) in [6, 6.07) is 8.06. The number of amidine groups is 1. The van der Waals surface area contributed by atoms with Crippen LogP contribution in [-0.4, -0.2) is 11.5 Å². The van der Waals surface area contributed by atoms with E-state index in [0.29, 0.717) is 5.84 Å². The van der Waals surface area contributed by atoms with Gasteiger partial charge in [0.1, 0.15) is 5.84 Å². The molecule has 0 fully saturated rings. The van der Waals surface area contributed by atoms with E-state index in [9.17, 15) is 0 Å². The molecule has 0 bridgehead atoms. The van der Waals surface area contributed by atoms with Crippen molar-refractivity contribution in [3.63, 3.8) is 0 Å². The van der Waals surface area contributed by atoms with Crippen LogP contribution in [0.25, 0.3) is 0 Å². The van der Waals surface area contributed by atoms with E-state index in [1.165, 1.54) is 0 Å². The quantitative estimate of drug-likeness (QED) is 0.889. The molecule has 1 aliphatic heterocycles. The average molecular weight is 280 g/mol. The van der Waals surface area contributed by atoms with Crippen molar-refractivity contribution in [2.75, 3.05) is 0 Å². The molecule has 0 spiro atoms. The summed E-state index contributed by atoms with van der Waals surface area (Å²) in [5.41, 5.74) is 7.19. The number of halogens is 1. The fourth-order valence-corrected chi connectivity index (χ4v) is 2.27. The van der Waals surface area contributed by atoms with Crippen LogP contribution in [0.4, 0.5) is 0 Å². The molecule has 3 nitrogen and oxygen atoms in total. The molecule has 1 aromatic rings. The maximum absolute atomic E-state index is 5.81. The Morgan fingerprint density at radius 2 is 2.12 bits per heavy atom. The molecule has 1 atom stereocenters. The molecule has 1 aromatic carbocycles. The summed E-state index contributed by atoms with van der Waals surface area (Å²) < 4.78 is 1.03. The Hall–Kier alpha value is -1.16. The highest BCUT2D eigenvalue weighted by Gasteiger charge is 2.34. The average Bonchev–Trinajstić information content (AvgIpc) is 2.56. The van der Waals surface area contributed by atoms with Gasteiger partial charge in [-0.3, -0.25) is 4.99 Å². The van der Waals surface area contributed by atoms with E-state index in [2.05, 4.69) is 32.8 Å². The Bertz CT molecular complexity index is 459. The smallest absolute Gasteiger partial charge is 0.178 e. The number of benzene rings is 1. The van der Waals surface area contributed by atoms with Crippen molar-refractivity contribution in [2.24, 2.45) is 15.7 Å². The van der Waals surface area contributed by atoms with Crippen LogP contribution in [0.3, 0.4) is 0 Å². The molecule has 0 aromatic heterocycles. The molecule has 0 radical (unpaired) electrons. The number of aliphatic imine (C=N–C) groups is 2. The van der Waals surface area contributed by atoms with Gasteiger partial charge in [0.15, 0.2) is 5.66 Å². The lowest BCUT2D eigenvalue weighted by Crippen LogP contribution is -2.19. The minimum absolute atomic E-state index is 0.516. The summed E-state index contributed by atoms with van der Waals surface area (Å²) in [7, 11) is 0. The molecule has 4 heteroatoms. The second kappa shape index (κ2) is 4.01. The Balaban J connectivity index is 2.53. The van der Waals surface area contributed by atoms with Crippen molar-refractivity contribution >= 4 is 27.5 Å². The van der Waals surface area contributed by atoms with Crippen molar-refractivity contribution in [1.82, 2.24) is 0 Å². The summed E-state index contributed by atoms with van der Waals surface area (Å²) >= 11 is 3.46. The Morgan fingerprint density at radius 1 is 1.38 bits per heavy atom. The summed E-state index contributed by atoms with van der Waals surface area (Å²) in [5, 5.41) is 0. The minimum atomic E-state index is -0.516. The van der Waals surface area contributed by atoms with Gasteiger partial charge in [-0.15, -0.1) is 0 Å². The Morgan fingerprint density at radius 3 is 2.62 bits per heavy atom. The fraction of sp³-hybridized carbons (Fsp3) is 0.333. The van der Waals surface area contributed by atoms with Crippen LogP contribution >= 0.6 is 15.9 Å². The molecule has 1 aliphatic rings. The van der Waals surface area contributed by atoms with E-state index in [4.69, 9.17) is 5.73 Å². The monoisotopic (exact) mass is 279 g/mol. The first-order valence-corrected chi connectivity index (χ1v) is 6.05. The van der Waals surface area contributed by atoms with Gasteiger partial charge in [-0.05, 0) is 25.5 Å². The maximum Gasteiger partial charge on any atom is 0.178 e. The van der Waals surface area contributed by atoms with Crippen LogP contribution in [0.5, 0.6) is 0 Å². The molecule has 1 unspecified atom stereocenters. The standard InChI is InChI=1S/C12H14BrN3/c1-3-12(15-8(2)11(14)16-12)9-5-4-6-10(13)7-9/h4-7H,3H2,1-2H3,(H2,14,16). The molecule has 16 heavy (non-hydrogen) atoms. The Kier molecular flexibility index (Phi) is 2.84. The number of nitrogens with two attached hydrogens (primary N) is 1. The highest BCUT2D eigenvalue weighted by atomic mass is 79.9. The van der Waals surface area contributed by atoms with Gasteiger partial charge >= 0.3 is 0 Å². The number of nitrogens with zero attached hydrogens (tertiary/aromatic N) is 2. The molecule has 1 heterocycles. The van der Waals surface area contributed by atoms with E-state index in [0.717, 1.165) is 22.2 Å². The van der Waals surface area contributed by atoms with Crippen molar-refractivity contribution in [1.29, 1.82) is 0 Å². The number of hydrogen-bond acceptors (Lipinski definition) is 3. The zero-order chi connectivity index (χ0) is 11.8. The highest BCUT2D eigenvalue weighted by molar-refractivity contribution is 9.10. The first-order valence-electron chi connectivity index (χ1n) is 5.25. The first-order chi connectivity index (χ1) is 7.57. The zero-order valence-electron chi connectivity index (χ0n) is 9.37. The third-order valence-corrected chi connectivity index (χ3v) is 3.30. The van der Waals surface area contributed by atoms with E-state index in [1.54, 1.807) is 0 Å². The van der Waals surface area contributed by atoms with Gasteiger partial charge in [-0.2, -0.15) is 0 Å². The van der Waals surface area contributed by atoms with E-state index >= 15 is 0 Å². The number of hydrogen-bond donors (Lipinski definition) is 1. The fourth-order valence-electron chi connectivity index (χ4n) is 1.87. The summed E-state index contributed by atoms with van der Waals surface area (Å²) in [6.45, 7) is 3.97. The van der Waals surface area contributed by atoms with Crippen LogP contribution < -0.4 is 5.73 Å². The first kappa shape index (κ1) is 11.3. The molecule has 84 valence electrons. The molecule has 2 N–H and O–H groups in total. The molecular weight excluding hydrogens is 266 g/mol. The molecule has 0 saturated heterocycles. The lowest BCUT2D eigenvalue weighted by molar-refractivity contribution is 0.465. The Labute approximate surface area is 104 Å². The number of rotatable bonds is 2. The largest absolute Gasteiger partial charge is 0.382 e. The second-order valence-corrected chi connectivity index (χ2v) is 4.79. The lowest BCUT2D eigenvalue weighted by atomic mass is 9.98.